The third-order valence-corrected chi connectivity index (χ3v) is 4.81. The first-order chi connectivity index (χ1) is 9.26. The molecule has 1 heterocycles. The van der Waals surface area contributed by atoms with Crippen LogP contribution in [-0.4, -0.2) is 18.1 Å². The lowest BCUT2D eigenvalue weighted by atomic mass is 10.0. The van der Waals surface area contributed by atoms with Crippen molar-refractivity contribution in [2.45, 2.75) is 29.9 Å². The smallest absolute Gasteiger partial charge is 0.255 e. The molecule has 0 amide bonds. The van der Waals surface area contributed by atoms with E-state index in [-0.39, 0.29) is 9.64 Å². The van der Waals surface area contributed by atoms with Gasteiger partial charge < -0.3 is 0 Å². The number of nitrogens with zero attached hydrogens (tertiary/aromatic N) is 1. The second-order valence-corrected chi connectivity index (χ2v) is 8.87. The summed E-state index contributed by atoms with van der Waals surface area (Å²) in [5.41, 5.74) is 0.937. The summed E-state index contributed by atoms with van der Waals surface area (Å²) in [5, 5.41) is 2.09. The molecule has 0 aliphatic carbocycles. The molecule has 0 saturated carbocycles. The van der Waals surface area contributed by atoms with Gasteiger partial charge in [-0.05, 0) is 24.1 Å². The number of thiazole rings is 1. The third-order valence-electron chi connectivity index (χ3n) is 2.50. The maximum absolute atomic E-state index is 12.3. The van der Waals surface area contributed by atoms with Crippen LogP contribution in [0.2, 0.25) is 0 Å². The van der Waals surface area contributed by atoms with Crippen molar-refractivity contribution in [2.75, 3.05) is 4.72 Å². The van der Waals surface area contributed by atoms with E-state index in [4.69, 9.17) is 0 Å². The maximum Gasteiger partial charge on any atom is 0.263 e. The van der Waals surface area contributed by atoms with Crippen molar-refractivity contribution in [1.82, 2.24) is 4.98 Å². The molecular weight excluding hydrogens is 312 g/mol. The number of benzene rings is 1. The van der Waals surface area contributed by atoms with Crippen LogP contribution in [-0.2, 0) is 16.4 Å². The Morgan fingerprint density at radius 1 is 1.40 bits per heavy atom. The van der Waals surface area contributed by atoms with E-state index < -0.39 is 10.0 Å². The zero-order chi connectivity index (χ0) is 14.8. The number of sulfonamides is 1. The molecule has 0 unspecified atom stereocenters. The number of hydrogen-bond acceptors (Lipinski definition) is 5. The number of hydrogen-bond donors (Lipinski definition) is 2. The van der Waals surface area contributed by atoms with Crippen LogP contribution in [0, 0.1) is 0 Å². The average Bonchev–Trinajstić information content (AvgIpc) is 2.79. The highest BCUT2D eigenvalue weighted by molar-refractivity contribution is 7.93. The standard InChI is InChI=1S/C13H16N2O2S3/c1-13(2,18)9-10-4-3-5-11(8-10)20(16,17)15-12-14-6-7-19-12/h3-8,18H,9H2,1-2H3,(H,14,15). The first kappa shape index (κ1) is 15.3. The molecular formula is C13H16N2O2S3. The maximum atomic E-state index is 12.3. The second-order valence-electron chi connectivity index (χ2n) is 5.08. The number of nitrogens with one attached hydrogen (secondary N) is 1. The van der Waals surface area contributed by atoms with Crippen LogP contribution in [0.1, 0.15) is 19.4 Å². The predicted molar refractivity (Wildman–Crippen MR) is 86.1 cm³/mol. The molecule has 0 radical (unpaired) electrons. The largest absolute Gasteiger partial charge is 0.263 e. The van der Waals surface area contributed by atoms with E-state index in [9.17, 15) is 8.42 Å². The summed E-state index contributed by atoms with van der Waals surface area (Å²) in [6.45, 7) is 3.98. The van der Waals surface area contributed by atoms with Crippen LogP contribution in [0.15, 0.2) is 40.7 Å². The van der Waals surface area contributed by atoms with E-state index in [1.807, 2.05) is 19.9 Å². The summed E-state index contributed by atoms with van der Waals surface area (Å²) < 4.78 is 26.8. The van der Waals surface area contributed by atoms with Crippen molar-refractivity contribution in [1.29, 1.82) is 0 Å². The number of aromatic nitrogens is 1. The Kier molecular flexibility index (Phi) is 4.41. The van der Waals surface area contributed by atoms with Crippen molar-refractivity contribution in [2.24, 2.45) is 0 Å². The summed E-state index contributed by atoms with van der Waals surface area (Å²) in [5.74, 6) is 0. The van der Waals surface area contributed by atoms with Gasteiger partial charge in [-0.25, -0.2) is 13.4 Å². The molecule has 0 saturated heterocycles. The van der Waals surface area contributed by atoms with E-state index in [1.165, 1.54) is 11.3 Å². The van der Waals surface area contributed by atoms with Gasteiger partial charge in [0.25, 0.3) is 10.0 Å². The molecule has 2 aromatic rings. The number of anilines is 1. The molecule has 1 aromatic carbocycles. The van der Waals surface area contributed by atoms with Crippen molar-refractivity contribution < 1.29 is 8.42 Å². The van der Waals surface area contributed by atoms with Crippen molar-refractivity contribution >= 4 is 39.1 Å². The zero-order valence-corrected chi connectivity index (χ0v) is 13.7. The fourth-order valence-corrected chi connectivity index (χ4v) is 3.81. The quantitative estimate of drug-likeness (QED) is 0.829. The fourth-order valence-electron chi connectivity index (χ4n) is 1.77. The van der Waals surface area contributed by atoms with Crippen LogP contribution in [0.5, 0.6) is 0 Å². The van der Waals surface area contributed by atoms with Gasteiger partial charge in [0.15, 0.2) is 5.13 Å². The topological polar surface area (TPSA) is 59.1 Å². The van der Waals surface area contributed by atoms with Gasteiger partial charge in [-0.2, -0.15) is 12.6 Å². The van der Waals surface area contributed by atoms with E-state index in [0.717, 1.165) is 5.56 Å². The second kappa shape index (κ2) is 5.75. The van der Waals surface area contributed by atoms with Gasteiger partial charge in [0.05, 0.1) is 4.90 Å². The SMILES string of the molecule is CC(C)(S)Cc1cccc(S(=O)(=O)Nc2nccs2)c1. The molecule has 0 aliphatic heterocycles. The first-order valence-corrected chi connectivity index (χ1v) is 8.81. The lowest BCUT2D eigenvalue weighted by Gasteiger charge is -2.17. The Morgan fingerprint density at radius 2 is 2.15 bits per heavy atom. The summed E-state index contributed by atoms with van der Waals surface area (Å²) in [6.07, 6.45) is 2.25. The summed E-state index contributed by atoms with van der Waals surface area (Å²) in [6, 6.07) is 6.89. The molecule has 0 bridgehead atoms. The molecule has 108 valence electrons. The summed E-state index contributed by atoms with van der Waals surface area (Å²) in [4.78, 5) is 4.16. The monoisotopic (exact) mass is 328 g/mol. The van der Waals surface area contributed by atoms with Crippen LogP contribution in [0.25, 0.3) is 0 Å². The van der Waals surface area contributed by atoms with Gasteiger partial charge in [-0.3, -0.25) is 4.72 Å². The number of thiol groups is 1. The summed E-state index contributed by atoms with van der Waals surface area (Å²) in [7, 11) is -3.59. The molecule has 0 atom stereocenters. The minimum absolute atomic E-state index is 0.189. The van der Waals surface area contributed by atoms with E-state index in [2.05, 4.69) is 22.3 Å². The van der Waals surface area contributed by atoms with Gasteiger partial charge in [-0.1, -0.05) is 26.0 Å². The minimum atomic E-state index is -3.59. The lowest BCUT2D eigenvalue weighted by Crippen LogP contribution is -2.16. The van der Waals surface area contributed by atoms with E-state index >= 15 is 0 Å². The molecule has 1 N–H and O–H groups in total. The van der Waals surface area contributed by atoms with E-state index in [0.29, 0.717) is 11.6 Å². The Hall–Kier alpha value is -1.05. The zero-order valence-electron chi connectivity index (χ0n) is 11.2. The molecule has 0 aliphatic rings. The number of rotatable bonds is 5. The minimum Gasteiger partial charge on any atom is -0.255 e. The van der Waals surface area contributed by atoms with E-state index in [1.54, 1.807) is 29.8 Å². The Labute approximate surface area is 128 Å². The van der Waals surface area contributed by atoms with Crippen molar-refractivity contribution in [3.05, 3.63) is 41.4 Å². The van der Waals surface area contributed by atoms with Gasteiger partial charge in [0, 0.05) is 16.3 Å². The normalized spacial score (nSPS) is 12.3. The van der Waals surface area contributed by atoms with Gasteiger partial charge in [0.1, 0.15) is 0 Å². The van der Waals surface area contributed by atoms with Gasteiger partial charge >= 0.3 is 0 Å². The molecule has 4 nitrogen and oxygen atoms in total. The van der Waals surface area contributed by atoms with Crippen LogP contribution >= 0.6 is 24.0 Å². The fraction of sp³-hybridized carbons (Fsp3) is 0.308. The highest BCUT2D eigenvalue weighted by atomic mass is 32.2. The molecule has 7 heteroatoms. The predicted octanol–water partition coefficient (Wildman–Crippen LogP) is 3.19. The highest BCUT2D eigenvalue weighted by Gasteiger charge is 2.18. The summed E-state index contributed by atoms with van der Waals surface area (Å²) >= 11 is 5.72. The molecule has 20 heavy (non-hydrogen) atoms. The first-order valence-electron chi connectivity index (χ1n) is 6.00. The van der Waals surface area contributed by atoms with Crippen LogP contribution in [0.4, 0.5) is 5.13 Å². The van der Waals surface area contributed by atoms with Crippen molar-refractivity contribution in [3.8, 4) is 0 Å². The molecule has 0 spiro atoms. The van der Waals surface area contributed by atoms with Crippen LogP contribution in [0.3, 0.4) is 0 Å². The Morgan fingerprint density at radius 3 is 2.75 bits per heavy atom. The van der Waals surface area contributed by atoms with Gasteiger partial charge in [0.2, 0.25) is 0 Å². The third kappa shape index (κ3) is 4.22. The average molecular weight is 328 g/mol. The lowest BCUT2D eigenvalue weighted by molar-refractivity contribution is 0.600. The Balaban J connectivity index is 2.26. The van der Waals surface area contributed by atoms with Gasteiger partial charge in [-0.15, -0.1) is 11.3 Å². The molecule has 1 aromatic heterocycles. The highest BCUT2D eigenvalue weighted by Crippen LogP contribution is 2.22. The molecule has 2 rings (SSSR count). The Bertz CT molecular complexity index is 674. The van der Waals surface area contributed by atoms with Crippen molar-refractivity contribution in [3.63, 3.8) is 0 Å². The molecule has 0 fully saturated rings. The van der Waals surface area contributed by atoms with Crippen LogP contribution < -0.4 is 4.72 Å².